The van der Waals surface area contributed by atoms with E-state index in [1.165, 1.54) is 11.0 Å². The van der Waals surface area contributed by atoms with Crippen LogP contribution in [0.1, 0.15) is 17.5 Å². The number of carbonyl (C=O) groups excluding carboxylic acids is 2. The van der Waals surface area contributed by atoms with E-state index < -0.39 is 17.7 Å². The third-order valence-corrected chi connectivity index (χ3v) is 4.62. The number of piperazine rings is 1. The second-order valence-electron chi connectivity index (χ2n) is 6.45. The molecule has 25 heavy (non-hydrogen) atoms. The quantitative estimate of drug-likeness (QED) is 0.894. The molecule has 8 heteroatoms. The number of hydrogen-bond acceptors (Lipinski definition) is 3. The zero-order chi connectivity index (χ0) is 18.0. The molecule has 2 heterocycles. The van der Waals surface area contributed by atoms with Gasteiger partial charge in [0.15, 0.2) is 0 Å². The monoisotopic (exact) mass is 355 g/mol. The zero-order valence-electron chi connectivity index (χ0n) is 13.7. The smallest absolute Gasteiger partial charge is 0.340 e. The average Bonchev–Trinajstić information content (AvgIpc) is 2.95. The molecule has 0 aromatic heterocycles. The van der Waals surface area contributed by atoms with Crippen molar-refractivity contribution in [3.8, 4) is 0 Å². The standard InChI is InChI=1S/C17H20F3N3O2/c18-17(19,20)14-3-1-2-12(8-14)10-23-11-13(9-15(23)24)16(25)22-6-4-21-5-7-22/h1-3,8,13,21H,4-7,9-11H2. The Morgan fingerprint density at radius 3 is 2.64 bits per heavy atom. The minimum absolute atomic E-state index is 0.0404. The molecule has 0 bridgehead atoms. The van der Waals surface area contributed by atoms with Crippen molar-refractivity contribution in [2.75, 3.05) is 32.7 Å². The molecule has 1 atom stereocenters. The molecule has 1 N–H and O–H groups in total. The zero-order valence-corrected chi connectivity index (χ0v) is 13.7. The Labute approximate surface area is 143 Å². The van der Waals surface area contributed by atoms with Crippen molar-refractivity contribution in [3.05, 3.63) is 35.4 Å². The normalized spacial score (nSPS) is 21.7. The molecule has 1 unspecified atom stereocenters. The van der Waals surface area contributed by atoms with Crippen LogP contribution in [-0.4, -0.2) is 54.3 Å². The van der Waals surface area contributed by atoms with Gasteiger partial charge in [-0.2, -0.15) is 13.2 Å². The molecule has 1 aromatic rings. The number of carbonyl (C=O) groups is 2. The van der Waals surface area contributed by atoms with Gasteiger partial charge in [0.05, 0.1) is 11.5 Å². The fraction of sp³-hybridized carbons (Fsp3) is 0.529. The van der Waals surface area contributed by atoms with Gasteiger partial charge in [-0.25, -0.2) is 0 Å². The SMILES string of the molecule is O=C1CC(C(=O)N2CCNCC2)CN1Cc1cccc(C(F)(F)F)c1. The predicted octanol–water partition coefficient (Wildman–Crippen LogP) is 1.49. The molecule has 2 fully saturated rings. The van der Waals surface area contributed by atoms with E-state index >= 15 is 0 Å². The molecule has 0 aliphatic carbocycles. The molecule has 1 aromatic carbocycles. The van der Waals surface area contributed by atoms with E-state index in [1.54, 1.807) is 11.0 Å². The molecular weight excluding hydrogens is 335 g/mol. The summed E-state index contributed by atoms with van der Waals surface area (Å²) in [6.45, 7) is 3.07. The summed E-state index contributed by atoms with van der Waals surface area (Å²) in [5.74, 6) is -0.635. The Kier molecular flexibility index (Phi) is 4.99. The molecule has 2 amide bonds. The highest BCUT2D eigenvalue weighted by Crippen LogP contribution is 2.30. The van der Waals surface area contributed by atoms with Crippen LogP contribution in [0.4, 0.5) is 13.2 Å². The summed E-state index contributed by atoms with van der Waals surface area (Å²) in [5, 5.41) is 3.16. The lowest BCUT2D eigenvalue weighted by Crippen LogP contribution is -2.48. The van der Waals surface area contributed by atoms with E-state index in [2.05, 4.69) is 5.32 Å². The fourth-order valence-electron chi connectivity index (χ4n) is 3.30. The van der Waals surface area contributed by atoms with Crippen molar-refractivity contribution in [1.82, 2.24) is 15.1 Å². The molecule has 2 aliphatic heterocycles. The first-order chi connectivity index (χ1) is 11.8. The van der Waals surface area contributed by atoms with Crippen LogP contribution in [0.3, 0.4) is 0 Å². The lowest BCUT2D eigenvalue weighted by Gasteiger charge is -2.29. The maximum atomic E-state index is 12.8. The Balaban J connectivity index is 1.64. The van der Waals surface area contributed by atoms with Gasteiger partial charge in [-0.1, -0.05) is 12.1 Å². The number of nitrogens with one attached hydrogen (secondary N) is 1. The molecule has 2 aliphatic rings. The van der Waals surface area contributed by atoms with Crippen LogP contribution in [0.2, 0.25) is 0 Å². The number of halogens is 3. The lowest BCUT2D eigenvalue weighted by atomic mass is 10.1. The summed E-state index contributed by atoms with van der Waals surface area (Å²) in [5.41, 5.74) is -0.316. The second-order valence-corrected chi connectivity index (χ2v) is 6.45. The van der Waals surface area contributed by atoms with Crippen LogP contribution in [0.15, 0.2) is 24.3 Å². The van der Waals surface area contributed by atoms with Crippen molar-refractivity contribution in [1.29, 1.82) is 0 Å². The number of nitrogens with zero attached hydrogens (tertiary/aromatic N) is 2. The molecule has 0 saturated carbocycles. The highest BCUT2D eigenvalue weighted by molar-refractivity contribution is 5.89. The maximum absolute atomic E-state index is 12.8. The van der Waals surface area contributed by atoms with Crippen LogP contribution in [0, 0.1) is 5.92 Å². The topological polar surface area (TPSA) is 52.7 Å². The van der Waals surface area contributed by atoms with Crippen molar-refractivity contribution < 1.29 is 22.8 Å². The first-order valence-electron chi connectivity index (χ1n) is 8.28. The first kappa shape index (κ1) is 17.7. The molecule has 3 rings (SSSR count). The first-order valence-corrected chi connectivity index (χ1v) is 8.28. The van der Waals surface area contributed by atoms with E-state index in [-0.39, 0.29) is 31.3 Å². The summed E-state index contributed by atoms with van der Waals surface area (Å²) < 4.78 is 38.4. The Hall–Kier alpha value is -2.09. The van der Waals surface area contributed by atoms with Gasteiger partial charge in [0.25, 0.3) is 0 Å². The van der Waals surface area contributed by atoms with Gasteiger partial charge in [-0.05, 0) is 17.7 Å². The van der Waals surface area contributed by atoms with Crippen molar-refractivity contribution in [3.63, 3.8) is 0 Å². The van der Waals surface area contributed by atoms with Crippen molar-refractivity contribution in [2.45, 2.75) is 19.1 Å². The summed E-state index contributed by atoms with van der Waals surface area (Å²) >= 11 is 0. The van der Waals surface area contributed by atoms with E-state index in [9.17, 15) is 22.8 Å². The Morgan fingerprint density at radius 1 is 1.24 bits per heavy atom. The molecule has 0 spiro atoms. The summed E-state index contributed by atoms with van der Waals surface area (Å²) in [7, 11) is 0. The van der Waals surface area contributed by atoms with Gasteiger partial charge in [-0.15, -0.1) is 0 Å². The summed E-state index contributed by atoms with van der Waals surface area (Å²) in [4.78, 5) is 27.9. The largest absolute Gasteiger partial charge is 0.416 e. The van der Waals surface area contributed by atoms with Crippen LogP contribution in [-0.2, 0) is 22.3 Å². The molecule has 2 saturated heterocycles. The lowest BCUT2D eigenvalue weighted by molar-refractivity contribution is -0.137. The van der Waals surface area contributed by atoms with Crippen LogP contribution < -0.4 is 5.32 Å². The minimum atomic E-state index is -4.41. The van der Waals surface area contributed by atoms with Crippen LogP contribution in [0.25, 0.3) is 0 Å². The van der Waals surface area contributed by atoms with Gasteiger partial charge in [0.1, 0.15) is 0 Å². The minimum Gasteiger partial charge on any atom is -0.340 e. The van der Waals surface area contributed by atoms with Gasteiger partial charge in [-0.3, -0.25) is 9.59 Å². The third kappa shape index (κ3) is 4.12. The highest BCUT2D eigenvalue weighted by Gasteiger charge is 2.37. The number of likely N-dealkylation sites (tertiary alicyclic amines) is 1. The van der Waals surface area contributed by atoms with E-state index in [4.69, 9.17) is 0 Å². The van der Waals surface area contributed by atoms with Gasteiger partial charge in [0.2, 0.25) is 11.8 Å². The number of amides is 2. The maximum Gasteiger partial charge on any atom is 0.416 e. The van der Waals surface area contributed by atoms with Gasteiger partial charge in [0, 0.05) is 45.7 Å². The molecule has 0 radical (unpaired) electrons. The Bertz CT molecular complexity index is 657. The van der Waals surface area contributed by atoms with Gasteiger partial charge < -0.3 is 15.1 Å². The average molecular weight is 355 g/mol. The Morgan fingerprint density at radius 2 is 1.96 bits per heavy atom. The van der Waals surface area contributed by atoms with Crippen molar-refractivity contribution in [2.24, 2.45) is 5.92 Å². The molecule has 136 valence electrons. The second kappa shape index (κ2) is 7.03. The molecular formula is C17H20F3N3O2. The number of hydrogen-bond donors (Lipinski definition) is 1. The molecule has 5 nitrogen and oxygen atoms in total. The third-order valence-electron chi connectivity index (χ3n) is 4.62. The van der Waals surface area contributed by atoms with Gasteiger partial charge >= 0.3 is 6.18 Å². The number of alkyl halides is 3. The summed E-state index contributed by atoms with van der Waals surface area (Å²) in [6, 6.07) is 4.96. The van der Waals surface area contributed by atoms with Crippen molar-refractivity contribution >= 4 is 11.8 Å². The van der Waals surface area contributed by atoms with E-state index in [0.717, 1.165) is 25.2 Å². The number of rotatable bonds is 3. The highest BCUT2D eigenvalue weighted by atomic mass is 19.4. The predicted molar refractivity (Wildman–Crippen MR) is 84.4 cm³/mol. The van der Waals surface area contributed by atoms with E-state index in [0.29, 0.717) is 18.7 Å². The number of benzene rings is 1. The van der Waals surface area contributed by atoms with Crippen LogP contribution >= 0.6 is 0 Å². The van der Waals surface area contributed by atoms with E-state index in [1.807, 2.05) is 0 Å². The fourth-order valence-corrected chi connectivity index (χ4v) is 3.30. The summed E-state index contributed by atoms with van der Waals surface area (Å²) in [6.07, 6.45) is -4.28. The van der Waals surface area contributed by atoms with Crippen LogP contribution in [0.5, 0.6) is 0 Å².